The fourth-order valence-corrected chi connectivity index (χ4v) is 1.64. The highest BCUT2D eigenvalue weighted by Gasteiger charge is 2.30. The maximum Gasteiger partial charge on any atom is 0.416 e. The Hall–Kier alpha value is -1.76. The normalized spacial score (nSPS) is 11.2. The lowest BCUT2D eigenvalue weighted by Crippen LogP contribution is -2.35. The van der Waals surface area contributed by atoms with Crippen LogP contribution in [-0.4, -0.2) is 35.7 Å². The van der Waals surface area contributed by atoms with E-state index in [1.165, 1.54) is 17.0 Å². The molecule has 0 aliphatic heterocycles. The second-order valence-electron chi connectivity index (χ2n) is 4.17. The van der Waals surface area contributed by atoms with Gasteiger partial charge in [-0.05, 0) is 31.5 Å². The molecule has 1 aromatic carbocycles. The number of carbonyl (C=O) groups is 1. The largest absolute Gasteiger partial charge is 0.416 e. The van der Waals surface area contributed by atoms with Crippen LogP contribution < -0.4 is 5.32 Å². The number of urea groups is 1. The molecular weight excluding hydrogens is 273 g/mol. The van der Waals surface area contributed by atoms with Crippen LogP contribution in [0.1, 0.15) is 18.9 Å². The number of aliphatic hydroxyl groups is 1. The maximum atomic E-state index is 12.5. The molecule has 0 aliphatic carbocycles. The van der Waals surface area contributed by atoms with E-state index in [0.717, 1.165) is 12.1 Å². The van der Waals surface area contributed by atoms with Gasteiger partial charge in [-0.1, -0.05) is 6.07 Å². The van der Waals surface area contributed by atoms with Gasteiger partial charge in [-0.25, -0.2) is 4.79 Å². The van der Waals surface area contributed by atoms with Crippen LogP contribution in [0.4, 0.5) is 23.7 Å². The van der Waals surface area contributed by atoms with Crippen molar-refractivity contribution in [2.24, 2.45) is 0 Å². The molecule has 1 aromatic rings. The van der Waals surface area contributed by atoms with Gasteiger partial charge in [0.2, 0.25) is 0 Å². The zero-order valence-corrected chi connectivity index (χ0v) is 11.1. The molecule has 4 nitrogen and oxygen atoms in total. The monoisotopic (exact) mass is 290 g/mol. The second-order valence-corrected chi connectivity index (χ2v) is 4.17. The quantitative estimate of drug-likeness (QED) is 0.876. The van der Waals surface area contributed by atoms with Crippen LogP contribution in [0, 0.1) is 0 Å². The smallest absolute Gasteiger partial charge is 0.396 e. The first-order valence-corrected chi connectivity index (χ1v) is 6.22. The Labute approximate surface area is 115 Å². The molecule has 0 bridgehead atoms. The van der Waals surface area contributed by atoms with Crippen molar-refractivity contribution >= 4 is 11.7 Å². The van der Waals surface area contributed by atoms with E-state index in [4.69, 9.17) is 5.11 Å². The summed E-state index contributed by atoms with van der Waals surface area (Å²) in [5, 5.41) is 11.1. The number of rotatable bonds is 5. The van der Waals surface area contributed by atoms with E-state index >= 15 is 0 Å². The van der Waals surface area contributed by atoms with Crippen LogP contribution in [0.3, 0.4) is 0 Å². The molecule has 0 aromatic heterocycles. The van der Waals surface area contributed by atoms with Gasteiger partial charge in [0.05, 0.1) is 5.56 Å². The molecule has 0 radical (unpaired) electrons. The van der Waals surface area contributed by atoms with Crippen LogP contribution in [0.5, 0.6) is 0 Å². The number of hydrogen-bond donors (Lipinski definition) is 2. The average Bonchev–Trinajstić information content (AvgIpc) is 2.39. The number of carbonyl (C=O) groups excluding carboxylic acids is 1. The van der Waals surface area contributed by atoms with Crippen molar-refractivity contribution in [2.75, 3.05) is 25.0 Å². The van der Waals surface area contributed by atoms with E-state index in [-0.39, 0.29) is 12.3 Å². The summed E-state index contributed by atoms with van der Waals surface area (Å²) < 4.78 is 37.6. The Morgan fingerprint density at radius 1 is 1.40 bits per heavy atom. The summed E-state index contributed by atoms with van der Waals surface area (Å²) >= 11 is 0. The van der Waals surface area contributed by atoms with Crippen molar-refractivity contribution < 1.29 is 23.1 Å². The molecule has 0 heterocycles. The minimum absolute atomic E-state index is 0.0483. The van der Waals surface area contributed by atoms with Crippen molar-refractivity contribution in [1.82, 2.24) is 4.90 Å². The van der Waals surface area contributed by atoms with Gasteiger partial charge in [-0.15, -0.1) is 0 Å². The number of nitrogens with one attached hydrogen (secondary N) is 1. The minimum atomic E-state index is -4.44. The van der Waals surface area contributed by atoms with Gasteiger partial charge in [0, 0.05) is 25.4 Å². The molecule has 0 fully saturated rings. The van der Waals surface area contributed by atoms with E-state index in [1.807, 2.05) is 0 Å². The van der Waals surface area contributed by atoms with E-state index in [1.54, 1.807) is 6.92 Å². The Balaban J connectivity index is 2.74. The Kier molecular flexibility index (Phi) is 5.82. The third-order valence-electron chi connectivity index (χ3n) is 2.70. The van der Waals surface area contributed by atoms with Crippen LogP contribution in [0.2, 0.25) is 0 Å². The van der Waals surface area contributed by atoms with Crippen molar-refractivity contribution in [3.8, 4) is 0 Å². The third-order valence-corrected chi connectivity index (χ3v) is 2.70. The number of aliphatic hydroxyl groups excluding tert-OH is 1. The highest BCUT2D eigenvalue weighted by molar-refractivity contribution is 5.89. The molecule has 0 saturated carbocycles. The van der Waals surface area contributed by atoms with Gasteiger partial charge < -0.3 is 15.3 Å². The van der Waals surface area contributed by atoms with Gasteiger partial charge in [0.15, 0.2) is 0 Å². The number of halogens is 3. The van der Waals surface area contributed by atoms with Crippen molar-refractivity contribution in [3.05, 3.63) is 29.8 Å². The van der Waals surface area contributed by atoms with Crippen LogP contribution >= 0.6 is 0 Å². The first kappa shape index (κ1) is 16.3. The molecule has 0 unspecified atom stereocenters. The topological polar surface area (TPSA) is 52.6 Å². The fourth-order valence-electron chi connectivity index (χ4n) is 1.64. The standard InChI is InChI=1S/C13H17F3N2O2/c1-2-18(7-4-8-19)12(20)17-11-6-3-5-10(9-11)13(14,15)16/h3,5-6,9,19H,2,4,7-8H2,1H3,(H,17,20). The summed E-state index contributed by atoms with van der Waals surface area (Å²) in [4.78, 5) is 13.3. The summed E-state index contributed by atoms with van der Waals surface area (Å²) in [6, 6.07) is 3.98. The third kappa shape index (κ3) is 4.73. The molecular formula is C13H17F3N2O2. The molecule has 2 N–H and O–H groups in total. The average molecular weight is 290 g/mol. The molecule has 0 aliphatic rings. The first-order valence-electron chi connectivity index (χ1n) is 6.22. The number of nitrogens with zero attached hydrogens (tertiary/aromatic N) is 1. The van der Waals surface area contributed by atoms with Gasteiger partial charge >= 0.3 is 12.2 Å². The van der Waals surface area contributed by atoms with Crippen molar-refractivity contribution in [3.63, 3.8) is 0 Å². The highest BCUT2D eigenvalue weighted by atomic mass is 19.4. The molecule has 0 atom stereocenters. The number of anilines is 1. The van der Waals surface area contributed by atoms with Crippen LogP contribution in [-0.2, 0) is 6.18 Å². The lowest BCUT2D eigenvalue weighted by Gasteiger charge is -2.21. The van der Waals surface area contributed by atoms with E-state index in [0.29, 0.717) is 19.5 Å². The number of amides is 2. The minimum Gasteiger partial charge on any atom is -0.396 e. The predicted octanol–water partition coefficient (Wildman–Crippen LogP) is 2.94. The Morgan fingerprint density at radius 3 is 2.65 bits per heavy atom. The summed E-state index contributed by atoms with van der Waals surface area (Å²) in [5.41, 5.74) is -0.721. The van der Waals surface area contributed by atoms with Gasteiger partial charge in [0.1, 0.15) is 0 Å². The van der Waals surface area contributed by atoms with Crippen molar-refractivity contribution in [2.45, 2.75) is 19.5 Å². The second kappa shape index (κ2) is 7.14. The molecule has 0 spiro atoms. The van der Waals surface area contributed by atoms with Crippen LogP contribution in [0.25, 0.3) is 0 Å². The number of hydrogen-bond acceptors (Lipinski definition) is 2. The summed E-state index contributed by atoms with van der Waals surface area (Å²) in [6.45, 7) is 2.46. The molecule has 20 heavy (non-hydrogen) atoms. The lowest BCUT2D eigenvalue weighted by atomic mass is 10.2. The number of alkyl halides is 3. The van der Waals surface area contributed by atoms with Gasteiger partial charge in [-0.3, -0.25) is 0 Å². The highest BCUT2D eigenvalue weighted by Crippen LogP contribution is 2.30. The van der Waals surface area contributed by atoms with E-state index < -0.39 is 17.8 Å². The van der Waals surface area contributed by atoms with Crippen molar-refractivity contribution in [1.29, 1.82) is 0 Å². The Bertz CT molecular complexity index is 449. The summed E-state index contributed by atoms with van der Waals surface area (Å²) in [5.74, 6) is 0. The zero-order valence-electron chi connectivity index (χ0n) is 11.1. The molecule has 112 valence electrons. The zero-order chi connectivity index (χ0) is 15.2. The number of benzene rings is 1. The van der Waals surface area contributed by atoms with Gasteiger partial charge in [-0.2, -0.15) is 13.2 Å². The molecule has 0 saturated heterocycles. The van der Waals surface area contributed by atoms with Gasteiger partial charge in [0.25, 0.3) is 0 Å². The molecule has 7 heteroatoms. The summed E-state index contributed by atoms with van der Waals surface area (Å²) in [7, 11) is 0. The van der Waals surface area contributed by atoms with E-state index in [9.17, 15) is 18.0 Å². The molecule has 2 amide bonds. The maximum absolute atomic E-state index is 12.5. The molecule has 1 rings (SSSR count). The summed E-state index contributed by atoms with van der Waals surface area (Å²) in [6.07, 6.45) is -4.02. The lowest BCUT2D eigenvalue weighted by molar-refractivity contribution is -0.137. The SMILES string of the molecule is CCN(CCCO)C(=O)Nc1cccc(C(F)(F)F)c1. The van der Waals surface area contributed by atoms with Crippen LogP contribution in [0.15, 0.2) is 24.3 Å². The fraction of sp³-hybridized carbons (Fsp3) is 0.462. The van der Waals surface area contributed by atoms with E-state index in [2.05, 4.69) is 5.32 Å². The Morgan fingerprint density at radius 2 is 2.10 bits per heavy atom. The first-order chi connectivity index (χ1) is 9.38. The predicted molar refractivity (Wildman–Crippen MR) is 69.4 cm³/mol.